The highest BCUT2D eigenvalue weighted by Gasteiger charge is 2.07. The standard InChI is InChI=1S/C10H9BrN2O/c1-14-8-4-2-3-6-9(8)7(11)5-13-10(6)12/h2-5H,1H3,(H2,12,13). The smallest absolute Gasteiger partial charge is 0.131 e. The van der Waals surface area contributed by atoms with E-state index in [2.05, 4.69) is 20.9 Å². The van der Waals surface area contributed by atoms with Gasteiger partial charge in [-0.1, -0.05) is 12.1 Å². The third-order valence-electron chi connectivity index (χ3n) is 2.08. The van der Waals surface area contributed by atoms with Crippen LogP contribution in [0.2, 0.25) is 0 Å². The van der Waals surface area contributed by atoms with Gasteiger partial charge in [-0.15, -0.1) is 0 Å². The van der Waals surface area contributed by atoms with Crippen molar-refractivity contribution in [2.24, 2.45) is 0 Å². The third kappa shape index (κ3) is 1.32. The lowest BCUT2D eigenvalue weighted by molar-refractivity contribution is 0.419. The molecule has 2 rings (SSSR count). The average molecular weight is 253 g/mol. The number of methoxy groups -OCH3 is 1. The van der Waals surface area contributed by atoms with E-state index in [0.29, 0.717) is 5.82 Å². The van der Waals surface area contributed by atoms with Crippen LogP contribution in [0.1, 0.15) is 0 Å². The van der Waals surface area contributed by atoms with Crippen LogP contribution in [0, 0.1) is 0 Å². The maximum absolute atomic E-state index is 5.76. The Hall–Kier alpha value is -1.29. The van der Waals surface area contributed by atoms with Crippen molar-refractivity contribution in [2.45, 2.75) is 0 Å². The summed E-state index contributed by atoms with van der Waals surface area (Å²) in [6, 6.07) is 5.71. The number of anilines is 1. The minimum absolute atomic E-state index is 0.516. The summed E-state index contributed by atoms with van der Waals surface area (Å²) in [5.74, 6) is 1.31. The summed E-state index contributed by atoms with van der Waals surface area (Å²) >= 11 is 3.42. The van der Waals surface area contributed by atoms with Gasteiger partial charge < -0.3 is 10.5 Å². The molecule has 1 aromatic heterocycles. The molecule has 0 bridgehead atoms. The largest absolute Gasteiger partial charge is 0.496 e. The number of hydrogen-bond donors (Lipinski definition) is 1. The normalized spacial score (nSPS) is 10.4. The van der Waals surface area contributed by atoms with E-state index in [-0.39, 0.29) is 0 Å². The van der Waals surface area contributed by atoms with Gasteiger partial charge in [0.25, 0.3) is 0 Å². The van der Waals surface area contributed by atoms with Gasteiger partial charge in [0.1, 0.15) is 11.6 Å². The monoisotopic (exact) mass is 252 g/mol. The van der Waals surface area contributed by atoms with E-state index in [1.165, 1.54) is 0 Å². The van der Waals surface area contributed by atoms with Crippen molar-refractivity contribution in [2.75, 3.05) is 12.8 Å². The lowest BCUT2D eigenvalue weighted by Gasteiger charge is -2.07. The highest BCUT2D eigenvalue weighted by atomic mass is 79.9. The van der Waals surface area contributed by atoms with Crippen molar-refractivity contribution in [3.05, 3.63) is 28.9 Å². The van der Waals surface area contributed by atoms with Crippen molar-refractivity contribution in [1.82, 2.24) is 4.98 Å². The summed E-state index contributed by atoms with van der Waals surface area (Å²) in [6.45, 7) is 0. The van der Waals surface area contributed by atoms with Crippen LogP contribution in [0.25, 0.3) is 10.8 Å². The number of aromatic nitrogens is 1. The Balaban J connectivity index is 2.92. The van der Waals surface area contributed by atoms with Gasteiger partial charge in [-0.05, 0) is 22.0 Å². The third-order valence-corrected chi connectivity index (χ3v) is 2.68. The molecule has 0 spiro atoms. The molecule has 2 N–H and O–H groups in total. The molecule has 14 heavy (non-hydrogen) atoms. The summed E-state index contributed by atoms with van der Waals surface area (Å²) in [5.41, 5.74) is 5.76. The van der Waals surface area contributed by atoms with Crippen molar-refractivity contribution in [1.29, 1.82) is 0 Å². The van der Waals surface area contributed by atoms with Gasteiger partial charge in [-0.2, -0.15) is 0 Å². The van der Waals surface area contributed by atoms with Crippen molar-refractivity contribution < 1.29 is 4.74 Å². The number of benzene rings is 1. The zero-order chi connectivity index (χ0) is 10.1. The van der Waals surface area contributed by atoms with Crippen LogP contribution in [-0.4, -0.2) is 12.1 Å². The first-order valence-electron chi connectivity index (χ1n) is 4.10. The van der Waals surface area contributed by atoms with Gasteiger partial charge in [-0.3, -0.25) is 0 Å². The highest BCUT2D eigenvalue weighted by molar-refractivity contribution is 9.10. The molecule has 3 nitrogen and oxygen atoms in total. The Morgan fingerprint density at radius 2 is 2.21 bits per heavy atom. The predicted octanol–water partition coefficient (Wildman–Crippen LogP) is 2.59. The van der Waals surface area contributed by atoms with E-state index in [4.69, 9.17) is 10.5 Å². The number of fused-ring (bicyclic) bond motifs is 1. The Bertz CT molecular complexity index is 485. The Morgan fingerprint density at radius 1 is 1.43 bits per heavy atom. The highest BCUT2D eigenvalue weighted by Crippen LogP contribution is 2.33. The van der Waals surface area contributed by atoms with Crippen LogP contribution < -0.4 is 10.5 Å². The SMILES string of the molecule is COc1cccc2c(N)ncc(Br)c12. The lowest BCUT2D eigenvalue weighted by atomic mass is 10.1. The second-order valence-electron chi connectivity index (χ2n) is 2.87. The Morgan fingerprint density at radius 3 is 2.93 bits per heavy atom. The van der Waals surface area contributed by atoms with E-state index in [1.807, 2.05) is 18.2 Å². The van der Waals surface area contributed by atoms with Crippen LogP contribution in [-0.2, 0) is 0 Å². The van der Waals surface area contributed by atoms with Gasteiger partial charge >= 0.3 is 0 Å². The second-order valence-corrected chi connectivity index (χ2v) is 3.73. The summed E-state index contributed by atoms with van der Waals surface area (Å²) in [7, 11) is 1.64. The predicted molar refractivity (Wildman–Crippen MR) is 60.4 cm³/mol. The zero-order valence-electron chi connectivity index (χ0n) is 7.62. The average Bonchev–Trinajstić information content (AvgIpc) is 2.23. The molecule has 0 saturated heterocycles. The molecule has 4 heteroatoms. The Labute approximate surface area is 90.0 Å². The summed E-state index contributed by atoms with van der Waals surface area (Å²) in [6.07, 6.45) is 1.68. The van der Waals surface area contributed by atoms with Crippen LogP contribution in [0.5, 0.6) is 5.75 Å². The number of ether oxygens (including phenoxy) is 1. The first kappa shape index (κ1) is 9.27. The first-order valence-corrected chi connectivity index (χ1v) is 4.90. The van der Waals surface area contributed by atoms with Gasteiger partial charge in [-0.25, -0.2) is 4.98 Å². The molecule has 0 aliphatic carbocycles. The summed E-state index contributed by atoms with van der Waals surface area (Å²) in [4.78, 5) is 4.06. The quantitative estimate of drug-likeness (QED) is 0.849. The fourth-order valence-corrected chi connectivity index (χ4v) is 1.93. The van der Waals surface area contributed by atoms with E-state index < -0.39 is 0 Å². The number of pyridine rings is 1. The van der Waals surface area contributed by atoms with E-state index in [9.17, 15) is 0 Å². The maximum Gasteiger partial charge on any atom is 0.131 e. The number of nitrogens with zero attached hydrogens (tertiary/aromatic N) is 1. The van der Waals surface area contributed by atoms with Gasteiger partial charge in [0.05, 0.1) is 7.11 Å². The van der Waals surface area contributed by atoms with Crippen molar-refractivity contribution >= 4 is 32.5 Å². The van der Waals surface area contributed by atoms with E-state index in [0.717, 1.165) is 21.0 Å². The maximum atomic E-state index is 5.76. The summed E-state index contributed by atoms with van der Waals surface area (Å²) in [5, 5.41) is 1.86. The first-order chi connectivity index (χ1) is 6.74. The number of hydrogen-bond acceptors (Lipinski definition) is 3. The molecule has 0 atom stereocenters. The molecular weight excluding hydrogens is 244 g/mol. The number of rotatable bonds is 1. The minimum Gasteiger partial charge on any atom is -0.496 e. The molecule has 0 saturated carbocycles. The topological polar surface area (TPSA) is 48.1 Å². The van der Waals surface area contributed by atoms with Crippen molar-refractivity contribution in [3.8, 4) is 5.75 Å². The molecule has 72 valence electrons. The molecule has 0 aliphatic heterocycles. The fraction of sp³-hybridized carbons (Fsp3) is 0.100. The molecule has 0 aliphatic rings. The molecule has 0 fully saturated rings. The second kappa shape index (κ2) is 3.46. The van der Waals surface area contributed by atoms with Crippen LogP contribution in [0.15, 0.2) is 28.9 Å². The molecule has 2 aromatic rings. The van der Waals surface area contributed by atoms with Crippen LogP contribution in [0.3, 0.4) is 0 Å². The molecule has 1 aromatic carbocycles. The van der Waals surface area contributed by atoms with E-state index >= 15 is 0 Å². The molecule has 0 unspecified atom stereocenters. The minimum atomic E-state index is 0.516. The molecule has 0 amide bonds. The molecule has 1 heterocycles. The van der Waals surface area contributed by atoms with Crippen LogP contribution >= 0.6 is 15.9 Å². The molecular formula is C10H9BrN2O. The van der Waals surface area contributed by atoms with Gasteiger partial charge in [0.2, 0.25) is 0 Å². The number of nitrogens with two attached hydrogens (primary N) is 1. The molecule has 0 radical (unpaired) electrons. The van der Waals surface area contributed by atoms with Crippen molar-refractivity contribution in [3.63, 3.8) is 0 Å². The summed E-state index contributed by atoms with van der Waals surface area (Å²) < 4.78 is 6.14. The van der Waals surface area contributed by atoms with E-state index in [1.54, 1.807) is 13.3 Å². The number of nitrogen functional groups attached to an aromatic ring is 1. The zero-order valence-corrected chi connectivity index (χ0v) is 9.21. The van der Waals surface area contributed by atoms with Gasteiger partial charge in [0.15, 0.2) is 0 Å². The number of halogens is 1. The Kier molecular flexibility index (Phi) is 2.29. The van der Waals surface area contributed by atoms with Gasteiger partial charge in [0, 0.05) is 21.4 Å². The lowest BCUT2D eigenvalue weighted by Crippen LogP contribution is -1.93. The van der Waals surface area contributed by atoms with Crippen LogP contribution in [0.4, 0.5) is 5.82 Å². The fourth-order valence-electron chi connectivity index (χ4n) is 1.42.